The molecule has 0 unspecified atom stereocenters. The third-order valence-electron chi connectivity index (χ3n) is 3.01. The average molecular weight is 334 g/mol. The van der Waals surface area contributed by atoms with Gasteiger partial charge in [0.1, 0.15) is 4.88 Å². The van der Waals surface area contributed by atoms with Crippen LogP contribution in [-0.4, -0.2) is 21.1 Å². The molecule has 0 radical (unpaired) electrons. The van der Waals surface area contributed by atoms with Crippen LogP contribution in [0, 0.1) is 27.7 Å². The zero-order valence-electron chi connectivity index (χ0n) is 12.6. The number of nitrogens with zero attached hydrogens (tertiary/aromatic N) is 3. The molecule has 1 N–H and O–H groups in total. The highest BCUT2D eigenvalue weighted by atomic mass is 32.1. The van der Waals surface area contributed by atoms with Crippen LogP contribution >= 0.6 is 22.7 Å². The van der Waals surface area contributed by atoms with E-state index >= 15 is 0 Å². The number of hydrogen-bond donors (Lipinski definition) is 1. The summed E-state index contributed by atoms with van der Waals surface area (Å²) in [4.78, 5) is 19.1. The highest BCUT2D eigenvalue weighted by molar-refractivity contribution is 7.16. The maximum atomic E-state index is 12.4. The van der Waals surface area contributed by atoms with Crippen LogP contribution in [0.1, 0.15) is 31.1 Å². The van der Waals surface area contributed by atoms with E-state index in [0.29, 0.717) is 16.7 Å². The molecule has 0 saturated heterocycles. The Morgan fingerprint density at radius 2 is 1.95 bits per heavy atom. The second-order valence-corrected chi connectivity index (χ2v) is 7.27. The van der Waals surface area contributed by atoms with E-state index in [9.17, 15) is 4.79 Å². The molecule has 3 heterocycles. The van der Waals surface area contributed by atoms with Crippen molar-refractivity contribution >= 4 is 34.3 Å². The first-order valence-corrected chi connectivity index (χ1v) is 8.23. The maximum absolute atomic E-state index is 12.4. The summed E-state index contributed by atoms with van der Waals surface area (Å²) in [6.45, 7) is 7.41. The molecule has 0 bridgehead atoms. The lowest BCUT2D eigenvalue weighted by atomic mass is 10.3. The molecule has 6 nitrogen and oxygen atoms in total. The van der Waals surface area contributed by atoms with Crippen LogP contribution in [0.4, 0.5) is 5.69 Å². The summed E-state index contributed by atoms with van der Waals surface area (Å²) in [6, 6.07) is 1.86. The quantitative estimate of drug-likeness (QED) is 0.789. The van der Waals surface area contributed by atoms with Gasteiger partial charge in [-0.1, -0.05) is 0 Å². The summed E-state index contributed by atoms with van der Waals surface area (Å²) >= 11 is 2.90. The summed E-state index contributed by atoms with van der Waals surface area (Å²) in [6.07, 6.45) is 0. The summed E-state index contributed by atoms with van der Waals surface area (Å²) in [5.74, 6) is 0.843. The van der Waals surface area contributed by atoms with Gasteiger partial charge in [-0.2, -0.15) is 0 Å². The number of hydrogen-bond acceptors (Lipinski definition) is 7. The van der Waals surface area contributed by atoms with Crippen LogP contribution in [0.2, 0.25) is 0 Å². The van der Waals surface area contributed by atoms with E-state index < -0.39 is 0 Å². The van der Waals surface area contributed by atoms with Gasteiger partial charge in [-0.05, 0) is 26.8 Å². The van der Waals surface area contributed by atoms with Crippen molar-refractivity contribution in [3.05, 3.63) is 32.4 Å². The Bertz CT molecular complexity index is 847. The Morgan fingerprint density at radius 3 is 2.55 bits per heavy atom. The summed E-state index contributed by atoms with van der Waals surface area (Å²) in [5.41, 5.74) is 1.51. The Morgan fingerprint density at radius 1 is 1.18 bits per heavy atom. The zero-order valence-corrected chi connectivity index (χ0v) is 14.2. The second kappa shape index (κ2) is 5.62. The first-order chi connectivity index (χ1) is 10.4. The van der Waals surface area contributed by atoms with Gasteiger partial charge in [0.2, 0.25) is 5.89 Å². The lowest BCUT2D eigenvalue weighted by molar-refractivity contribution is 0.103. The van der Waals surface area contributed by atoms with Gasteiger partial charge in [-0.15, -0.1) is 32.9 Å². The van der Waals surface area contributed by atoms with Crippen molar-refractivity contribution in [1.29, 1.82) is 0 Å². The minimum Gasteiger partial charge on any atom is -0.420 e. The highest BCUT2D eigenvalue weighted by Gasteiger charge is 2.18. The number of aryl methyl sites for hydroxylation is 4. The molecular formula is C14H14N4O2S2. The van der Waals surface area contributed by atoms with E-state index in [0.717, 1.165) is 26.1 Å². The second-order valence-electron chi connectivity index (χ2n) is 4.81. The molecule has 0 aliphatic carbocycles. The molecule has 0 saturated carbocycles. The SMILES string of the molecule is Cc1nnc(-c2cc(NC(=O)c3sc(C)nc3C)c(C)s2)o1. The first kappa shape index (κ1) is 14.9. The summed E-state index contributed by atoms with van der Waals surface area (Å²) in [5, 5.41) is 11.6. The van der Waals surface area contributed by atoms with Crippen LogP contribution in [0.25, 0.3) is 10.8 Å². The molecule has 0 fully saturated rings. The monoisotopic (exact) mass is 334 g/mol. The van der Waals surface area contributed by atoms with Crippen molar-refractivity contribution in [3.8, 4) is 10.8 Å². The van der Waals surface area contributed by atoms with E-state index in [4.69, 9.17) is 4.42 Å². The third kappa shape index (κ3) is 2.79. The number of thiazole rings is 1. The fraction of sp³-hybridized carbons (Fsp3) is 0.286. The van der Waals surface area contributed by atoms with Gasteiger partial charge >= 0.3 is 0 Å². The lowest BCUT2D eigenvalue weighted by Crippen LogP contribution is -2.11. The maximum Gasteiger partial charge on any atom is 0.267 e. The molecular weight excluding hydrogens is 320 g/mol. The average Bonchev–Trinajstić information content (AvgIpc) is 3.11. The van der Waals surface area contributed by atoms with Crippen LogP contribution in [-0.2, 0) is 0 Å². The van der Waals surface area contributed by atoms with E-state index in [2.05, 4.69) is 20.5 Å². The number of rotatable bonds is 3. The zero-order chi connectivity index (χ0) is 15.9. The number of thiophene rings is 1. The summed E-state index contributed by atoms with van der Waals surface area (Å²) in [7, 11) is 0. The van der Waals surface area contributed by atoms with Crippen LogP contribution in [0.15, 0.2) is 10.5 Å². The van der Waals surface area contributed by atoms with Crippen molar-refractivity contribution in [2.75, 3.05) is 5.32 Å². The fourth-order valence-corrected chi connectivity index (χ4v) is 3.74. The smallest absolute Gasteiger partial charge is 0.267 e. The predicted molar refractivity (Wildman–Crippen MR) is 86.6 cm³/mol. The number of nitrogens with one attached hydrogen (secondary N) is 1. The Kier molecular flexibility index (Phi) is 3.79. The van der Waals surface area contributed by atoms with E-state index in [-0.39, 0.29) is 5.91 Å². The molecule has 0 aliphatic heterocycles. The van der Waals surface area contributed by atoms with Gasteiger partial charge in [-0.3, -0.25) is 4.79 Å². The third-order valence-corrected chi connectivity index (χ3v) is 5.12. The molecule has 0 atom stereocenters. The minimum atomic E-state index is -0.141. The molecule has 3 rings (SSSR count). The summed E-state index contributed by atoms with van der Waals surface area (Å²) < 4.78 is 5.42. The number of aromatic nitrogens is 3. The standard InChI is InChI=1S/C14H14N4O2S2/c1-6-12(22-9(4)15-6)13(19)16-10-5-11(21-7(10)2)14-18-17-8(3)20-14/h5H,1-4H3,(H,16,19). The molecule has 1 amide bonds. The van der Waals surface area contributed by atoms with Crippen molar-refractivity contribution in [1.82, 2.24) is 15.2 Å². The van der Waals surface area contributed by atoms with E-state index in [1.807, 2.05) is 26.8 Å². The van der Waals surface area contributed by atoms with Gasteiger partial charge in [0, 0.05) is 11.8 Å². The number of carbonyl (C=O) groups excluding carboxylic acids is 1. The van der Waals surface area contributed by atoms with Crippen molar-refractivity contribution < 1.29 is 9.21 Å². The molecule has 3 aromatic rings. The highest BCUT2D eigenvalue weighted by Crippen LogP contribution is 2.34. The molecule has 0 aliphatic rings. The number of carbonyl (C=O) groups is 1. The molecule has 22 heavy (non-hydrogen) atoms. The van der Waals surface area contributed by atoms with E-state index in [1.165, 1.54) is 22.7 Å². The normalized spacial score (nSPS) is 10.9. The van der Waals surface area contributed by atoms with Gasteiger partial charge in [-0.25, -0.2) is 4.98 Å². The van der Waals surface area contributed by atoms with Crippen LogP contribution in [0.5, 0.6) is 0 Å². The molecule has 8 heteroatoms. The molecule has 0 spiro atoms. The molecule has 3 aromatic heterocycles. The van der Waals surface area contributed by atoms with Gasteiger partial charge < -0.3 is 9.73 Å². The van der Waals surface area contributed by atoms with Gasteiger partial charge in [0.15, 0.2) is 0 Å². The lowest BCUT2D eigenvalue weighted by Gasteiger charge is -2.02. The minimum absolute atomic E-state index is 0.141. The van der Waals surface area contributed by atoms with Gasteiger partial charge in [0.05, 0.1) is 21.3 Å². The van der Waals surface area contributed by atoms with Crippen molar-refractivity contribution in [2.24, 2.45) is 0 Å². The fourth-order valence-electron chi connectivity index (χ4n) is 2.03. The number of amides is 1. The van der Waals surface area contributed by atoms with Gasteiger partial charge in [0.25, 0.3) is 11.8 Å². The van der Waals surface area contributed by atoms with Crippen LogP contribution < -0.4 is 5.32 Å². The topological polar surface area (TPSA) is 80.9 Å². The Labute approximate surface area is 135 Å². The molecule has 114 valence electrons. The van der Waals surface area contributed by atoms with Crippen LogP contribution in [0.3, 0.4) is 0 Å². The van der Waals surface area contributed by atoms with Crippen molar-refractivity contribution in [3.63, 3.8) is 0 Å². The first-order valence-electron chi connectivity index (χ1n) is 6.60. The Balaban J connectivity index is 1.85. The predicted octanol–water partition coefficient (Wildman–Crippen LogP) is 3.74. The number of anilines is 1. The van der Waals surface area contributed by atoms with E-state index in [1.54, 1.807) is 6.92 Å². The van der Waals surface area contributed by atoms with Crippen molar-refractivity contribution in [2.45, 2.75) is 27.7 Å². The Hall–Kier alpha value is -2.06. The molecule has 0 aromatic carbocycles. The largest absolute Gasteiger partial charge is 0.420 e.